The van der Waals surface area contributed by atoms with E-state index >= 15 is 0 Å². The van der Waals surface area contributed by atoms with E-state index in [-0.39, 0.29) is 11.3 Å². The van der Waals surface area contributed by atoms with Crippen LogP contribution in [0.15, 0.2) is 18.2 Å². The summed E-state index contributed by atoms with van der Waals surface area (Å²) in [6.07, 6.45) is 0. The molecule has 12 heavy (non-hydrogen) atoms. The molecule has 0 unspecified atom stereocenters. The largest absolute Gasteiger partial charge is 0.478 e. The molecule has 0 heterocycles. The van der Waals surface area contributed by atoms with Crippen LogP contribution in [-0.4, -0.2) is 16.0 Å². The van der Waals surface area contributed by atoms with Crippen LogP contribution in [-0.2, 0) is 0 Å². The highest BCUT2D eigenvalue weighted by Gasteiger charge is 2.07. The number of nitrogens with zero attached hydrogens (tertiary/aromatic N) is 1. The predicted octanol–water partition coefficient (Wildman–Crippen LogP) is 1.09. The van der Waals surface area contributed by atoms with Crippen LogP contribution in [0, 0.1) is 16.2 Å². The highest BCUT2D eigenvalue weighted by Crippen LogP contribution is 2.10. The third-order valence-electron chi connectivity index (χ3n) is 1.24. The maximum Gasteiger partial charge on any atom is 0.335 e. The maximum atomic E-state index is 10.3. The summed E-state index contributed by atoms with van der Waals surface area (Å²) >= 11 is 0. The molecule has 0 saturated heterocycles. The van der Waals surface area contributed by atoms with Crippen molar-refractivity contribution < 1.29 is 14.8 Å². The Labute approximate surface area is 67.4 Å². The molecule has 0 bridgehead atoms. The van der Waals surface area contributed by atoms with E-state index < -0.39 is 10.9 Å². The first-order chi connectivity index (χ1) is 5.61. The fraction of sp³-hybridized carbons (Fsp3) is 0. The number of hydrogen-bond donors (Lipinski definition) is 1. The van der Waals surface area contributed by atoms with Gasteiger partial charge in [-0.15, -0.1) is 0 Å². The summed E-state index contributed by atoms with van der Waals surface area (Å²) in [7, 11) is 0. The summed E-state index contributed by atoms with van der Waals surface area (Å²) in [4.78, 5) is 19.8. The summed E-state index contributed by atoms with van der Waals surface area (Å²) in [5.41, 5.74) is -0.249. The van der Waals surface area contributed by atoms with E-state index in [1.54, 1.807) is 0 Å². The van der Waals surface area contributed by atoms with Gasteiger partial charge in [-0.25, -0.2) is 4.79 Å². The molecule has 1 aromatic rings. The third kappa shape index (κ3) is 1.57. The van der Waals surface area contributed by atoms with Crippen molar-refractivity contribution >= 4 is 11.7 Å². The molecule has 0 aromatic heterocycles. The minimum Gasteiger partial charge on any atom is -0.478 e. The normalized spacial score (nSPS) is 9.33. The van der Waals surface area contributed by atoms with Crippen LogP contribution >= 0.6 is 0 Å². The Morgan fingerprint density at radius 1 is 1.58 bits per heavy atom. The maximum absolute atomic E-state index is 10.3. The first-order valence-corrected chi connectivity index (χ1v) is 3.00. The smallest absolute Gasteiger partial charge is 0.335 e. The van der Waals surface area contributed by atoms with Crippen molar-refractivity contribution in [2.45, 2.75) is 0 Å². The number of non-ortho nitro benzene ring substituents is 1. The number of rotatable bonds is 2. The van der Waals surface area contributed by atoms with Gasteiger partial charge in [-0.05, 0) is 12.1 Å². The number of carbonyl (C=O) groups is 1. The summed E-state index contributed by atoms with van der Waals surface area (Å²) in [6.45, 7) is 0. The van der Waals surface area contributed by atoms with Crippen molar-refractivity contribution in [2.24, 2.45) is 0 Å². The SMILES string of the molecule is O=C(O)c1c[c]c([N+](=O)[O-])cc1. The zero-order valence-electron chi connectivity index (χ0n) is 5.85. The molecule has 5 nitrogen and oxygen atoms in total. The summed E-state index contributed by atoms with van der Waals surface area (Å²) in [6, 6.07) is 5.57. The van der Waals surface area contributed by atoms with E-state index in [1.807, 2.05) is 0 Å². The van der Waals surface area contributed by atoms with E-state index in [4.69, 9.17) is 5.11 Å². The molecule has 0 aliphatic heterocycles. The van der Waals surface area contributed by atoms with Gasteiger partial charge in [0.25, 0.3) is 5.69 Å². The van der Waals surface area contributed by atoms with E-state index in [2.05, 4.69) is 6.07 Å². The number of hydrogen-bond acceptors (Lipinski definition) is 3. The van der Waals surface area contributed by atoms with Crippen molar-refractivity contribution in [1.29, 1.82) is 0 Å². The van der Waals surface area contributed by atoms with Gasteiger partial charge in [0.15, 0.2) is 0 Å². The van der Waals surface area contributed by atoms with Crippen molar-refractivity contribution in [3.8, 4) is 0 Å². The number of carboxylic acid groups (broad SMARTS) is 1. The van der Waals surface area contributed by atoms with E-state index in [1.165, 1.54) is 0 Å². The lowest BCUT2D eigenvalue weighted by atomic mass is 10.2. The lowest BCUT2D eigenvalue weighted by molar-refractivity contribution is -0.385. The van der Waals surface area contributed by atoms with Gasteiger partial charge in [0, 0.05) is 6.07 Å². The van der Waals surface area contributed by atoms with Crippen LogP contribution in [0.5, 0.6) is 0 Å². The van der Waals surface area contributed by atoms with Crippen LogP contribution in [0.2, 0.25) is 0 Å². The van der Waals surface area contributed by atoms with Gasteiger partial charge < -0.3 is 5.11 Å². The Kier molecular flexibility index (Phi) is 2.05. The standard InChI is InChI=1S/C7H4NO4/c9-7(10)5-1-3-6(4-2-5)8(11)12/h1-3H,(H,9,10). The second-order valence-corrected chi connectivity index (χ2v) is 2.02. The highest BCUT2D eigenvalue weighted by atomic mass is 16.6. The minimum atomic E-state index is -1.12. The zero-order valence-corrected chi connectivity index (χ0v) is 5.85. The predicted molar refractivity (Wildman–Crippen MR) is 38.9 cm³/mol. The monoisotopic (exact) mass is 166 g/mol. The zero-order chi connectivity index (χ0) is 9.14. The molecule has 5 heteroatoms. The van der Waals surface area contributed by atoms with Crippen LogP contribution in [0.25, 0.3) is 0 Å². The Morgan fingerprint density at radius 2 is 2.25 bits per heavy atom. The number of nitro groups is 1. The molecule has 0 spiro atoms. The Morgan fingerprint density at radius 3 is 2.58 bits per heavy atom. The second kappa shape index (κ2) is 3.00. The van der Waals surface area contributed by atoms with Crippen LogP contribution in [0.3, 0.4) is 0 Å². The lowest BCUT2D eigenvalue weighted by Gasteiger charge is -1.91. The first kappa shape index (κ1) is 8.19. The Hall–Kier alpha value is -1.91. The average molecular weight is 166 g/mol. The quantitative estimate of drug-likeness (QED) is 0.526. The highest BCUT2D eigenvalue weighted by molar-refractivity contribution is 5.87. The summed E-state index contributed by atoms with van der Waals surface area (Å²) < 4.78 is 0. The summed E-state index contributed by atoms with van der Waals surface area (Å²) in [5.74, 6) is -1.12. The van der Waals surface area contributed by atoms with E-state index in [0.29, 0.717) is 0 Å². The summed E-state index contributed by atoms with van der Waals surface area (Å²) in [5, 5.41) is 18.5. The minimum absolute atomic E-state index is 0.0133. The molecule has 1 N–H and O–H groups in total. The third-order valence-corrected chi connectivity index (χ3v) is 1.24. The Bertz CT molecular complexity index is 284. The molecule has 0 aliphatic carbocycles. The van der Waals surface area contributed by atoms with E-state index in [0.717, 1.165) is 18.2 Å². The number of carboxylic acids is 1. The molecule has 0 saturated carbocycles. The topological polar surface area (TPSA) is 80.4 Å². The number of aromatic carboxylic acids is 1. The van der Waals surface area contributed by atoms with Gasteiger partial charge >= 0.3 is 5.97 Å². The van der Waals surface area contributed by atoms with Gasteiger partial charge in [-0.1, -0.05) is 0 Å². The molecule has 0 aliphatic rings. The van der Waals surface area contributed by atoms with Gasteiger partial charge in [0.05, 0.1) is 16.6 Å². The van der Waals surface area contributed by atoms with Crippen molar-refractivity contribution in [1.82, 2.24) is 0 Å². The fourth-order valence-electron chi connectivity index (χ4n) is 0.663. The van der Waals surface area contributed by atoms with Gasteiger partial charge in [0.2, 0.25) is 0 Å². The van der Waals surface area contributed by atoms with Crippen molar-refractivity contribution in [3.05, 3.63) is 39.9 Å². The molecule has 61 valence electrons. The Balaban J connectivity index is 3.01. The molecule has 0 amide bonds. The van der Waals surface area contributed by atoms with Gasteiger partial charge in [-0.2, -0.15) is 0 Å². The van der Waals surface area contributed by atoms with Crippen LogP contribution in [0.1, 0.15) is 10.4 Å². The lowest BCUT2D eigenvalue weighted by Crippen LogP contribution is -1.96. The molecule has 0 atom stereocenters. The van der Waals surface area contributed by atoms with Crippen LogP contribution in [0.4, 0.5) is 5.69 Å². The van der Waals surface area contributed by atoms with Crippen molar-refractivity contribution in [2.75, 3.05) is 0 Å². The molecule has 1 aromatic carbocycles. The molecule has 1 radical (unpaired) electrons. The molecular formula is C7H4NO4. The number of benzene rings is 1. The first-order valence-electron chi connectivity index (χ1n) is 3.00. The van der Waals surface area contributed by atoms with E-state index in [9.17, 15) is 14.9 Å². The average Bonchev–Trinajstić information content (AvgIpc) is 2.04. The molecular weight excluding hydrogens is 162 g/mol. The van der Waals surface area contributed by atoms with Gasteiger partial charge in [-0.3, -0.25) is 10.1 Å². The fourth-order valence-corrected chi connectivity index (χ4v) is 0.663. The van der Waals surface area contributed by atoms with Crippen molar-refractivity contribution in [3.63, 3.8) is 0 Å². The van der Waals surface area contributed by atoms with Crippen LogP contribution < -0.4 is 0 Å². The van der Waals surface area contributed by atoms with Gasteiger partial charge in [0.1, 0.15) is 0 Å². The number of nitro benzene ring substituents is 1. The molecule has 1 rings (SSSR count). The second-order valence-electron chi connectivity index (χ2n) is 2.02. The molecule has 0 fully saturated rings.